The van der Waals surface area contributed by atoms with Crippen molar-refractivity contribution < 1.29 is 9.84 Å². The third-order valence-electron chi connectivity index (χ3n) is 2.46. The van der Waals surface area contributed by atoms with Crippen molar-refractivity contribution in [1.82, 2.24) is 0 Å². The highest BCUT2D eigenvalue weighted by molar-refractivity contribution is 5.42. The number of hydrogen-bond acceptors (Lipinski definition) is 2. The van der Waals surface area contributed by atoms with Crippen LogP contribution < -0.4 is 4.74 Å². The highest BCUT2D eigenvalue weighted by Crippen LogP contribution is 2.27. The van der Waals surface area contributed by atoms with E-state index in [4.69, 9.17) is 4.74 Å². The van der Waals surface area contributed by atoms with E-state index in [0.717, 1.165) is 24.2 Å². The Morgan fingerprint density at radius 1 is 1.29 bits per heavy atom. The fourth-order valence-corrected chi connectivity index (χ4v) is 1.37. The topological polar surface area (TPSA) is 29.5 Å². The highest BCUT2D eigenvalue weighted by atomic mass is 16.5. The lowest BCUT2D eigenvalue weighted by Gasteiger charge is -2.17. The Bertz CT molecular complexity index is 290. The molecule has 0 heterocycles. The lowest BCUT2D eigenvalue weighted by Crippen LogP contribution is -2.14. The van der Waals surface area contributed by atoms with Crippen LogP contribution in [0, 0.1) is 6.92 Å². The van der Waals surface area contributed by atoms with Gasteiger partial charge in [-0.05, 0) is 31.9 Å². The summed E-state index contributed by atoms with van der Waals surface area (Å²) in [7, 11) is 0. The molecule has 1 aromatic carbocycles. The quantitative estimate of drug-likeness (QED) is 0.797. The summed E-state index contributed by atoms with van der Waals surface area (Å²) < 4.78 is 5.76. The maximum atomic E-state index is 9.48. The standard InChI is InChI=1S/C12H18O2/c1-4-10(5-2)14-12-8-6-7-11(13)9(12)3/h6-8,10,13H,4-5H2,1-3H3. The Morgan fingerprint density at radius 3 is 2.50 bits per heavy atom. The average Bonchev–Trinajstić information content (AvgIpc) is 2.20. The summed E-state index contributed by atoms with van der Waals surface area (Å²) in [5.74, 6) is 1.09. The minimum atomic E-state index is 0.246. The number of ether oxygens (including phenoxy) is 1. The molecule has 2 heteroatoms. The van der Waals surface area contributed by atoms with Crippen LogP contribution in [0.2, 0.25) is 0 Å². The van der Waals surface area contributed by atoms with Gasteiger partial charge >= 0.3 is 0 Å². The van der Waals surface area contributed by atoms with Crippen molar-refractivity contribution in [2.24, 2.45) is 0 Å². The zero-order valence-corrected chi connectivity index (χ0v) is 9.08. The first-order valence-electron chi connectivity index (χ1n) is 5.14. The summed E-state index contributed by atoms with van der Waals surface area (Å²) in [6.07, 6.45) is 2.23. The first-order valence-corrected chi connectivity index (χ1v) is 5.14. The van der Waals surface area contributed by atoms with Gasteiger partial charge in [0.05, 0.1) is 6.10 Å². The fraction of sp³-hybridized carbons (Fsp3) is 0.500. The third kappa shape index (κ3) is 2.41. The number of benzene rings is 1. The predicted octanol–water partition coefficient (Wildman–Crippen LogP) is 3.27. The lowest BCUT2D eigenvalue weighted by molar-refractivity contribution is 0.191. The lowest BCUT2D eigenvalue weighted by atomic mass is 10.2. The minimum Gasteiger partial charge on any atom is -0.508 e. The molecule has 0 unspecified atom stereocenters. The fourth-order valence-electron chi connectivity index (χ4n) is 1.37. The average molecular weight is 194 g/mol. The third-order valence-corrected chi connectivity index (χ3v) is 2.46. The van der Waals surface area contributed by atoms with Crippen LogP contribution >= 0.6 is 0 Å². The van der Waals surface area contributed by atoms with Crippen LogP contribution in [0.25, 0.3) is 0 Å². The Labute approximate surface area is 85.5 Å². The van der Waals surface area contributed by atoms with Gasteiger partial charge in [-0.1, -0.05) is 19.9 Å². The van der Waals surface area contributed by atoms with Gasteiger partial charge in [0.2, 0.25) is 0 Å². The number of hydrogen-bond donors (Lipinski definition) is 1. The first-order chi connectivity index (χ1) is 6.69. The van der Waals surface area contributed by atoms with Crippen molar-refractivity contribution in [3.05, 3.63) is 23.8 Å². The summed E-state index contributed by atoms with van der Waals surface area (Å²) >= 11 is 0. The van der Waals surface area contributed by atoms with E-state index < -0.39 is 0 Å². The molecule has 0 bridgehead atoms. The van der Waals surface area contributed by atoms with E-state index in [9.17, 15) is 5.11 Å². The molecule has 1 N–H and O–H groups in total. The molecule has 0 saturated carbocycles. The van der Waals surface area contributed by atoms with Crippen LogP contribution in [0.1, 0.15) is 32.3 Å². The first kappa shape index (κ1) is 10.9. The van der Waals surface area contributed by atoms with Gasteiger partial charge in [0.15, 0.2) is 0 Å². The van der Waals surface area contributed by atoms with Crippen molar-refractivity contribution in [3.63, 3.8) is 0 Å². The molecule has 1 aromatic rings. The van der Waals surface area contributed by atoms with Crippen LogP contribution in [0.4, 0.5) is 0 Å². The van der Waals surface area contributed by atoms with Crippen LogP contribution in [0.15, 0.2) is 18.2 Å². The monoisotopic (exact) mass is 194 g/mol. The van der Waals surface area contributed by atoms with E-state index in [0.29, 0.717) is 5.75 Å². The van der Waals surface area contributed by atoms with Crippen LogP contribution in [0.5, 0.6) is 11.5 Å². The Morgan fingerprint density at radius 2 is 1.93 bits per heavy atom. The maximum Gasteiger partial charge on any atom is 0.126 e. The summed E-state index contributed by atoms with van der Waals surface area (Å²) in [5, 5.41) is 9.48. The van der Waals surface area contributed by atoms with Gasteiger partial charge in [-0.2, -0.15) is 0 Å². The van der Waals surface area contributed by atoms with Crippen molar-refractivity contribution >= 4 is 0 Å². The second kappa shape index (κ2) is 4.89. The normalized spacial score (nSPS) is 10.6. The number of phenols is 1. The SMILES string of the molecule is CCC(CC)Oc1cccc(O)c1C. The molecule has 0 aliphatic carbocycles. The van der Waals surface area contributed by atoms with Crippen molar-refractivity contribution in [2.45, 2.75) is 39.7 Å². The van der Waals surface area contributed by atoms with Crippen molar-refractivity contribution in [2.75, 3.05) is 0 Å². The Kier molecular flexibility index (Phi) is 3.81. The molecular formula is C12H18O2. The molecular weight excluding hydrogens is 176 g/mol. The van der Waals surface area contributed by atoms with Gasteiger partial charge in [0.1, 0.15) is 11.5 Å². The molecule has 78 valence electrons. The second-order valence-electron chi connectivity index (χ2n) is 3.46. The number of phenolic OH excluding ortho intramolecular Hbond substituents is 1. The van der Waals surface area contributed by atoms with E-state index in [1.165, 1.54) is 0 Å². The van der Waals surface area contributed by atoms with E-state index in [1.807, 2.05) is 13.0 Å². The Balaban J connectivity index is 2.80. The molecule has 0 fully saturated rings. The summed E-state index contributed by atoms with van der Waals surface area (Å²) in [6.45, 7) is 6.08. The smallest absolute Gasteiger partial charge is 0.126 e. The molecule has 0 atom stereocenters. The van der Waals surface area contributed by atoms with E-state index in [1.54, 1.807) is 12.1 Å². The van der Waals surface area contributed by atoms with Crippen molar-refractivity contribution in [3.8, 4) is 11.5 Å². The van der Waals surface area contributed by atoms with Gasteiger partial charge < -0.3 is 9.84 Å². The van der Waals surface area contributed by atoms with E-state index in [-0.39, 0.29) is 6.10 Å². The minimum absolute atomic E-state index is 0.246. The molecule has 0 aliphatic heterocycles. The summed E-state index contributed by atoms with van der Waals surface area (Å²) in [4.78, 5) is 0. The number of aromatic hydroxyl groups is 1. The molecule has 0 saturated heterocycles. The zero-order chi connectivity index (χ0) is 10.6. The van der Waals surface area contributed by atoms with Crippen LogP contribution in [-0.2, 0) is 0 Å². The van der Waals surface area contributed by atoms with Crippen LogP contribution in [0.3, 0.4) is 0 Å². The van der Waals surface area contributed by atoms with Crippen molar-refractivity contribution in [1.29, 1.82) is 0 Å². The molecule has 2 nitrogen and oxygen atoms in total. The zero-order valence-electron chi connectivity index (χ0n) is 9.08. The molecule has 0 aliphatic rings. The van der Waals surface area contributed by atoms with Gasteiger partial charge in [-0.15, -0.1) is 0 Å². The number of rotatable bonds is 4. The Hall–Kier alpha value is -1.18. The molecule has 1 rings (SSSR count). The molecule has 0 aromatic heterocycles. The maximum absolute atomic E-state index is 9.48. The van der Waals surface area contributed by atoms with Gasteiger partial charge in [-0.3, -0.25) is 0 Å². The molecule has 14 heavy (non-hydrogen) atoms. The largest absolute Gasteiger partial charge is 0.508 e. The summed E-state index contributed by atoms with van der Waals surface area (Å²) in [5.41, 5.74) is 0.819. The van der Waals surface area contributed by atoms with Crippen LogP contribution in [-0.4, -0.2) is 11.2 Å². The molecule has 0 spiro atoms. The van der Waals surface area contributed by atoms with Gasteiger partial charge in [0, 0.05) is 5.56 Å². The molecule has 0 radical (unpaired) electrons. The van der Waals surface area contributed by atoms with E-state index in [2.05, 4.69) is 13.8 Å². The highest BCUT2D eigenvalue weighted by Gasteiger charge is 2.08. The van der Waals surface area contributed by atoms with Gasteiger partial charge in [0.25, 0.3) is 0 Å². The summed E-state index contributed by atoms with van der Waals surface area (Å²) in [6, 6.07) is 5.38. The van der Waals surface area contributed by atoms with E-state index >= 15 is 0 Å². The second-order valence-corrected chi connectivity index (χ2v) is 3.46. The predicted molar refractivity (Wildman–Crippen MR) is 57.8 cm³/mol. The molecule has 0 amide bonds. The van der Waals surface area contributed by atoms with Gasteiger partial charge in [-0.25, -0.2) is 0 Å².